The van der Waals surface area contributed by atoms with Crippen LogP contribution in [0.2, 0.25) is 0 Å². The molecule has 150 valence electrons. The van der Waals surface area contributed by atoms with Gasteiger partial charge in [0.15, 0.2) is 0 Å². The second kappa shape index (κ2) is 6.56. The fourth-order valence-corrected chi connectivity index (χ4v) is 4.67. The Balaban J connectivity index is 1.47. The second-order valence-electron chi connectivity index (χ2n) is 7.97. The van der Waals surface area contributed by atoms with E-state index in [0.29, 0.717) is 0 Å². The lowest BCUT2D eigenvalue weighted by atomic mass is 10.0. The number of hydrogen-bond acceptors (Lipinski definition) is 3. The number of pyridine rings is 1. The SMILES string of the molecule is c1cc(-c2cccc3c2oc2ccccc23)nc(-c2cccc3oc4ccccc4c23)c1. The Hall–Kier alpha value is -4.37. The molecule has 0 unspecified atom stereocenters. The van der Waals surface area contributed by atoms with Gasteiger partial charge in [0, 0.05) is 32.7 Å². The van der Waals surface area contributed by atoms with Crippen LogP contribution in [0.3, 0.4) is 0 Å². The van der Waals surface area contributed by atoms with Crippen LogP contribution >= 0.6 is 0 Å². The van der Waals surface area contributed by atoms with Gasteiger partial charge in [-0.3, -0.25) is 0 Å². The molecular formula is C29H17NO2. The molecule has 0 saturated heterocycles. The molecule has 0 spiro atoms. The van der Waals surface area contributed by atoms with Crippen molar-refractivity contribution < 1.29 is 8.83 Å². The van der Waals surface area contributed by atoms with Gasteiger partial charge < -0.3 is 8.83 Å². The molecule has 3 heterocycles. The Labute approximate surface area is 183 Å². The lowest BCUT2D eigenvalue weighted by molar-refractivity contribution is 0.669. The molecule has 0 saturated carbocycles. The van der Waals surface area contributed by atoms with Crippen molar-refractivity contribution in [2.24, 2.45) is 0 Å². The second-order valence-corrected chi connectivity index (χ2v) is 7.97. The van der Waals surface area contributed by atoms with Gasteiger partial charge in [-0.2, -0.15) is 0 Å². The van der Waals surface area contributed by atoms with Crippen molar-refractivity contribution in [2.75, 3.05) is 0 Å². The lowest BCUT2D eigenvalue weighted by Gasteiger charge is -2.07. The zero-order chi connectivity index (χ0) is 21.1. The van der Waals surface area contributed by atoms with Crippen molar-refractivity contribution in [3.8, 4) is 22.5 Å². The maximum Gasteiger partial charge on any atom is 0.144 e. The van der Waals surface area contributed by atoms with Gasteiger partial charge in [0.25, 0.3) is 0 Å². The molecule has 0 amide bonds. The summed E-state index contributed by atoms with van der Waals surface area (Å²) < 4.78 is 12.3. The summed E-state index contributed by atoms with van der Waals surface area (Å²) in [6, 6.07) is 34.8. The van der Waals surface area contributed by atoms with E-state index in [1.165, 1.54) is 0 Å². The van der Waals surface area contributed by atoms with Gasteiger partial charge in [0.1, 0.15) is 22.3 Å². The molecule has 0 atom stereocenters. The van der Waals surface area contributed by atoms with E-state index >= 15 is 0 Å². The zero-order valence-corrected chi connectivity index (χ0v) is 17.1. The van der Waals surface area contributed by atoms with Crippen LogP contribution in [-0.4, -0.2) is 4.98 Å². The summed E-state index contributed by atoms with van der Waals surface area (Å²) in [6.45, 7) is 0. The van der Waals surface area contributed by atoms with Crippen molar-refractivity contribution in [3.05, 3.63) is 103 Å². The Bertz CT molecular complexity index is 1790. The highest BCUT2D eigenvalue weighted by molar-refractivity contribution is 6.12. The molecule has 0 aliphatic carbocycles. The molecule has 0 fully saturated rings. The molecule has 3 aromatic heterocycles. The normalized spacial score (nSPS) is 11.8. The van der Waals surface area contributed by atoms with E-state index in [0.717, 1.165) is 66.4 Å². The molecular weight excluding hydrogens is 394 g/mol. The fraction of sp³-hybridized carbons (Fsp3) is 0. The topological polar surface area (TPSA) is 39.2 Å². The highest BCUT2D eigenvalue weighted by Gasteiger charge is 2.16. The first-order chi connectivity index (χ1) is 15.9. The Morgan fingerprint density at radius 2 is 1.03 bits per heavy atom. The van der Waals surface area contributed by atoms with E-state index in [4.69, 9.17) is 13.8 Å². The first-order valence-electron chi connectivity index (χ1n) is 10.7. The fourth-order valence-electron chi connectivity index (χ4n) is 4.67. The number of para-hydroxylation sites is 3. The minimum atomic E-state index is 0.866. The Morgan fingerprint density at radius 1 is 0.438 bits per heavy atom. The standard InChI is InChI=1S/C29H17NO2/c1-3-15-25-18(8-1)19-10-5-12-21(29(19)32-25)24-14-7-13-23(30-24)20-11-6-17-27-28(20)22-9-2-4-16-26(22)31-27/h1-17H. The number of fused-ring (bicyclic) bond motifs is 6. The number of furan rings is 2. The van der Waals surface area contributed by atoms with Crippen LogP contribution in [0.15, 0.2) is 112 Å². The molecule has 0 radical (unpaired) electrons. The largest absolute Gasteiger partial charge is 0.456 e. The van der Waals surface area contributed by atoms with Crippen LogP contribution in [0.5, 0.6) is 0 Å². The summed E-state index contributed by atoms with van der Waals surface area (Å²) in [5.74, 6) is 0. The van der Waals surface area contributed by atoms with Gasteiger partial charge in [-0.25, -0.2) is 4.98 Å². The minimum absolute atomic E-state index is 0.866. The summed E-state index contributed by atoms with van der Waals surface area (Å²) in [6.07, 6.45) is 0. The smallest absolute Gasteiger partial charge is 0.144 e. The van der Waals surface area contributed by atoms with E-state index in [1.807, 2.05) is 54.6 Å². The summed E-state index contributed by atoms with van der Waals surface area (Å²) in [4.78, 5) is 5.07. The van der Waals surface area contributed by atoms with E-state index < -0.39 is 0 Å². The predicted octanol–water partition coefficient (Wildman–Crippen LogP) is 8.21. The maximum atomic E-state index is 6.24. The molecule has 0 bridgehead atoms. The lowest BCUT2D eigenvalue weighted by Crippen LogP contribution is -1.89. The molecule has 3 nitrogen and oxygen atoms in total. The summed E-state index contributed by atoms with van der Waals surface area (Å²) in [7, 11) is 0. The quantitative estimate of drug-likeness (QED) is 0.288. The third kappa shape index (κ3) is 2.45. The van der Waals surface area contributed by atoms with E-state index in [9.17, 15) is 0 Å². The van der Waals surface area contributed by atoms with Crippen molar-refractivity contribution >= 4 is 43.9 Å². The van der Waals surface area contributed by atoms with Gasteiger partial charge in [0.05, 0.1) is 11.4 Å². The van der Waals surface area contributed by atoms with Gasteiger partial charge in [0.2, 0.25) is 0 Å². The first kappa shape index (κ1) is 17.3. The van der Waals surface area contributed by atoms with Crippen LogP contribution in [0.1, 0.15) is 0 Å². The molecule has 4 aromatic carbocycles. The van der Waals surface area contributed by atoms with E-state index in [1.54, 1.807) is 0 Å². The molecule has 32 heavy (non-hydrogen) atoms. The Morgan fingerprint density at radius 3 is 1.91 bits per heavy atom. The molecule has 0 aliphatic heterocycles. The van der Waals surface area contributed by atoms with E-state index in [-0.39, 0.29) is 0 Å². The third-order valence-electron chi connectivity index (χ3n) is 6.11. The molecule has 0 aliphatic rings. The van der Waals surface area contributed by atoms with Crippen LogP contribution in [-0.2, 0) is 0 Å². The van der Waals surface area contributed by atoms with Crippen molar-refractivity contribution in [3.63, 3.8) is 0 Å². The van der Waals surface area contributed by atoms with E-state index in [2.05, 4.69) is 48.5 Å². The van der Waals surface area contributed by atoms with Crippen LogP contribution in [0.4, 0.5) is 0 Å². The van der Waals surface area contributed by atoms with Crippen LogP contribution in [0, 0.1) is 0 Å². The van der Waals surface area contributed by atoms with Crippen molar-refractivity contribution in [2.45, 2.75) is 0 Å². The molecule has 0 N–H and O–H groups in total. The predicted molar refractivity (Wildman–Crippen MR) is 130 cm³/mol. The monoisotopic (exact) mass is 411 g/mol. The highest BCUT2D eigenvalue weighted by Crippen LogP contribution is 2.38. The number of aromatic nitrogens is 1. The van der Waals surface area contributed by atoms with Crippen LogP contribution in [0.25, 0.3) is 66.4 Å². The van der Waals surface area contributed by atoms with Gasteiger partial charge in [-0.1, -0.05) is 66.7 Å². The summed E-state index contributed by atoms with van der Waals surface area (Å²) in [5.41, 5.74) is 7.36. The molecule has 3 heteroatoms. The number of hydrogen-bond donors (Lipinski definition) is 0. The average Bonchev–Trinajstić information content (AvgIpc) is 3.42. The van der Waals surface area contributed by atoms with Crippen molar-refractivity contribution in [1.82, 2.24) is 4.98 Å². The zero-order valence-electron chi connectivity index (χ0n) is 17.1. The van der Waals surface area contributed by atoms with Crippen LogP contribution < -0.4 is 0 Å². The number of nitrogens with zero attached hydrogens (tertiary/aromatic N) is 1. The maximum absolute atomic E-state index is 6.24. The third-order valence-corrected chi connectivity index (χ3v) is 6.11. The first-order valence-corrected chi connectivity index (χ1v) is 10.7. The summed E-state index contributed by atoms with van der Waals surface area (Å²) in [5, 5.41) is 4.42. The minimum Gasteiger partial charge on any atom is -0.456 e. The van der Waals surface area contributed by atoms with Gasteiger partial charge in [-0.15, -0.1) is 0 Å². The number of benzene rings is 4. The van der Waals surface area contributed by atoms with Gasteiger partial charge >= 0.3 is 0 Å². The van der Waals surface area contributed by atoms with Gasteiger partial charge in [-0.05, 0) is 36.4 Å². The molecule has 7 rings (SSSR count). The summed E-state index contributed by atoms with van der Waals surface area (Å²) >= 11 is 0. The molecule has 7 aromatic rings. The highest BCUT2D eigenvalue weighted by atomic mass is 16.3. The number of rotatable bonds is 2. The Kier molecular flexibility index (Phi) is 3.55. The van der Waals surface area contributed by atoms with Crippen molar-refractivity contribution in [1.29, 1.82) is 0 Å². The average molecular weight is 411 g/mol.